The van der Waals surface area contributed by atoms with Gasteiger partial charge in [0.25, 0.3) is 0 Å². The molecule has 1 aromatic carbocycles. The first-order valence-corrected chi connectivity index (χ1v) is 6.80. The number of nitrogen functional groups attached to an aromatic ring is 1. The van der Waals surface area contributed by atoms with E-state index in [4.69, 9.17) is 14.9 Å². The second-order valence-corrected chi connectivity index (χ2v) is 5.07. The monoisotopic (exact) mass is 302 g/mol. The molecule has 2 rings (SSSR count). The zero-order valence-electron chi connectivity index (χ0n) is 12.7. The zero-order valence-corrected chi connectivity index (χ0v) is 12.7. The van der Waals surface area contributed by atoms with Crippen molar-refractivity contribution < 1.29 is 13.9 Å². The van der Waals surface area contributed by atoms with Crippen molar-refractivity contribution in [2.45, 2.75) is 19.9 Å². The summed E-state index contributed by atoms with van der Waals surface area (Å²) in [5.74, 6) is 0.166. The number of hydrogen-bond acceptors (Lipinski definition) is 5. The van der Waals surface area contributed by atoms with Gasteiger partial charge >= 0.3 is 0 Å². The van der Waals surface area contributed by atoms with Crippen LogP contribution in [0.25, 0.3) is 17.0 Å². The summed E-state index contributed by atoms with van der Waals surface area (Å²) in [5, 5.41) is 3.04. The molecular weight excluding hydrogens is 284 g/mol. The predicted octanol–water partition coefficient (Wildman–Crippen LogP) is 1.92. The third-order valence-electron chi connectivity index (χ3n) is 3.03. The number of benzene rings is 1. The van der Waals surface area contributed by atoms with Crippen LogP contribution in [0.2, 0.25) is 0 Å². The Hall–Kier alpha value is -2.76. The highest BCUT2D eigenvalue weighted by atomic mass is 16.5. The maximum absolute atomic E-state index is 12.4. The van der Waals surface area contributed by atoms with E-state index in [1.807, 2.05) is 13.8 Å². The quantitative estimate of drug-likeness (QED) is 0.664. The fraction of sp³-hybridized carbons (Fsp3) is 0.250. The van der Waals surface area contributed by atoms with E-state index in [9.17, 15) is 9.59 Å². The highest BCUT2D eigenvalue weighted by Gasteiger charge is 2.11. The molecule has 6 nitrogen and oxygen atoms in total. The molecule has 2 aromatic rings. The molecule has 0 bridgehead atoms. The second-order valence-electron chi connectivity index (χ2n) is 5.07. The highest BCUT2D eigenvalue weighted by Crippen LogP contribution is 2.29. The first-order valence-electron chi connectivity index (χ1n) is 6.80. The molecule has 0 unspecified atom stereocenters. The van der Waals surface area contributed by atoms with Gasteiger partial charge in [0.1, 0.15) is 17.7 Å². The van der Waals surface area contributed by atoms with Crippen molar-refractivity contribution in [1.82, 2.24) is 5.32 Å². The summed E-state index contributed by atoms with van der Waals surface area (Å²) in [7, 11) is 1.49. The van der Waals surface area contributed by atoms with Gasteiger partial charge < -0.3 is 20.2 Å². The summed E-state index contributed by atoms with van der Waals surface area (Å²) in [6.45, 7) is 3.71. The van der Waals surface area contributed by atoms with Crippen molar-refractivity contribution in [3.8, 4) is 5.75 Å². The summed E-state index contributed by atoms with van der Waals surface area (Å²) in [4.78, 5) is 23.9. The van der Waals surface area contributed by atoms with E-state index in [-0.39, 0.29) is 34.2 Å². The van der Waals surface area contributed by atoms with Gasteiger partial charge in [-0.15, -0.1) is 0 Å². The Balaban J connectivity index is 2.42. The molecule has 22 heavy (non-hydrogen) atoms. The van der Waals surface area contributed by atoms with Gasteiger partial charge in [0.05, 0.1) is 18.1 Å². The molecule has 116 valence electrons. The first-order chi connectivity index (χ1) is 10.4. The summed E-state index contributed by atoms with van der Waals surface area (Å²) in [6.07, 6.45) is 3.99. The largest absolute Gasteiger partial charge is 0.494 e. The lowest BCUT2D eigenvalue weighted by Crippen LogP contribution is -2.28. The summed E-state index contributed by atoms with van der Waals surface area (Å²) in [6, 6.07) is 3.22. The number of nitrogens with two attached hydrogens (primary N) is 1. The van der Waals surface area contributed by atoms with Gasteiger partial charge in [0, 0.05) is 12.1 Å². The van der Waals surface area contributed by atoms with Crippen LogP contribution in [0.3, 0.4) is 0 Å². The predicted molar refractivity (Wildman–Crippen MR) is 85.8 cm³/mol. The number of methoxy groups -OCH3 is 1. The summed E-state index contributed by atoms with van der Waals surface area (Å²) in [5.41, 5.74) is 6.44. The Morgan fingerprint density at radius 2 is 2.14 bits per heavy atom. The molecule has 3 N–H and O–H groups in total. The fourth-order valence-corrected chi connectivity index (χ4v) is 2.01. The molecule has 1 aromatic heterocycles. The lowest BCUT2D eigenvalue weighted by atomic mass is 10.1. The van der Waals surface area contributed by atoms with Gasteiger partial charge in [0.15, 0.2) is 11.0 Å². The number of carbonyl (C=O) groups excluding carboxylic acids is 1. The third kappa shape index (κ3) is 3.11. The average Bonchev–Trinajstić information content (AvgIpc) is 2.46. The van der Waals surface area contributed by atoms with Gasteiger partial charge in [0.2, 0.25) is 5.91 Å². The lowest BCUT2D eigenvalue weighted by molar-refractivity contribution is -0.116. The van der Waals surface area contributed by atoms with E-state index >= 15 is 0 Å². The van der Waals surface area contributed by atoms with Crippen LogP contribution in [-0.2, 0) is 4.79 Å². The van der Waals surface area contributed by atoms with Gasteiger partial charge in [-0.25, -0.2) is 0 Å². The van der Waals surface area contributed by atoms with Crippen LogP contribution in [-0.4, -0.2) is 19.1 Å². The molecule has 0 aliphatic heterocycles. The van der Waals surface area contributed by atoms with E-state index in [1.54, 1.807) is 12.1 Å². The van der Waals surface area contributed by atoms with Crippen LogP contribution in [0.15, 0.2) is 33.7 Å². The molecule has 0 atom stereocenters. The molecular formula is C16H18N2O4. The molecule has 1 amide bonds. The Morgan fingerprint density at radius 3 is 2.77 bits per heavy atom. The van der Waals surface area contributed by atoms with Crippen LogP contribution in [0, 0.1) is 0 Å². The van der Waals surface area contributed by atoms with E-state index in [2.05, 4.69) is 5.32 Å². The lowest BCUT2D eigenvalue weighted by Gasteiger charge is -2.07. The van der Waals surface area contributed by atoms with E-state index in [0.29, 0.717) is 11.1 Å². The van der Waals surface area contributed by atoms with Crippen LogP contribution < -0.4 is 21.2 Å². The van der Waals surface area contributed by atoms with Crippen molar-refractivity contribution in [3.63, 3.8) is 0 Å². The number of carbonyl (C=O) groups is 1. The molecule has 0 saturated heterocycles. The molecule has 1 heterocycles. The summed E-state index contributed by atoms with van der Waals surface area (Å²) >= 11 is 0. The van der Waals surface area contributed by atoms with E-state index in [1.165, 1.54) is 25.5 Å². The van der Waals surface area contributed by atoms with E-state index < -0.39 is 0 Å². The molecule has 0 saturated carbocycles. The zero-order chi connectivity index (χ0) is 16.3. The number of rotatable bonds is 4. The smallest absolute Gasteiger partial charge is 0.244 e. The number of amides is 1. The average molecular weight is 302 g/mol. The number of nitrogens with one attached hydrogen (secondary N) is 1. The Labute approximate surface area is 127 Å². The maximum Gasteiger partial charge on any atom is 0.244 e. The number of ether oxygens (including phenoxy) is 1. The Morgan fingerprint density at radius 1 is 1.41 bits per heavy atom. The minimum atomic E-state index is -0.274. The van der Waals surface area contributed by atoms with Crippen LogP contribution >= 0.6 is 0 Å². The van der Waals surface area contributed by atoms with Crippen molar-refractivity contribution in [3.05, 3.63) is 40.3 Å². The highest BCUT2D eigenvalue weighted by molar-refractivity contribution is 5.94. The van der Waals surface area contributed by atoms with Gasteiger partial charge in [-0.05, 0) is 32.1 Å². The summed E-state index contributed by atoms with van der Waals surface area (Å²) < 4.78 is 10.5. The first kappa shape index (κ1) is 15.6. The Kier molecular flexibility index (Phi) is 4.50. The number of anilines is 1. The minimum absolute atomic E-state index is 0.0254. The number of fused-ring (bicyclic) bond motifs is 1. The normalized spacial score (nSPS) is 11.3. The molecule has 6 heteroatoms. The minimum Gasteiger partial charge on any atom is -0.494 e. The van der Waals surface area contributed by atoms with Crippen molar-refractivity contribution >= 4 is 28.6 Å². The third-order valence-corrected chi connectivity index (χ3v) is 3.03. The fourth-order valence-electron chi connectivity index (χ4n) is 2.01. The SMILES string of the molecule is COc1ccc2c(=O)c(/C=C/C(=O)NC(C)C)coc2c1N. The molecule has 0 fully saturated rings. The molecule has 0 radical (unpaired) electrons. The Bertz CT molecular complexity index is 791. The molecule has 0 spiro atoms. The van der Waals surface area contributed by atoms with Crippen molar-refractivity contribution in [2.75, 3.05) is 12.8 Å². The second kappa shape index (κ2) is 6.34. The van der Waals surface area contributed by atoms with Crippen LogP contribution in [0.1, 0.15) is 19.4 Å². The van der Waals surface area contributed by atoms with Gasteiger partial charge in [-0.1, -0.05) is 0 Å². The molecule has 0 aliphatic carbocycles. The van der Waals surface area contributed by atoms with Gasteiger partial charge in [-0.3, -0.25) is 9.59 Å². The van der Waals surface area contributed by atoms with Crippen molar-refractivity contribution in [2.24, 2.45) is 0 Å². The van der Waals surface area contributed by atoms with Crippen LogP contribution in [0.4, 0.5) is 5.69 Å². The topological polar surface area (TPSA) is 94.6 Å². The number of hydrogen-bond donors (Lipinski definition) is 2. The van der Waals surface area contributed by atoms with Crippen LogP contribution in [0.5, 0.6) is 5.75 Å². The van der Waals surface area contributed by atoms with Crippen molar-refractivity contribution in [1.29, 1.82) is 0 Å². The standard InChI is InChI=1S/C16H18N2O4/c1-9(2)18-13(19)7-4-10-8-22-16-11(15(10)20)5-6-12(21-3)14(16)17/h4-9H,17H2,1-3H3,(H,18,19)/b7-4+. The van der Waals surface area contributed by atoms with Gasteiger partial charge in [-0.2, -0.15) is 0 Å². The molecule has 0 aliphatic rings. The van der Waals surface area contributed by atoms with E-state index in [0.717, 1.165) is 0 Å². The maximum atomic E-state index is 12.4.